The van der Waals surface area contributed by atoms with Crippen molar-refractivity contribution in [3.63, 3.8) is 0 Å². The van der Waals surface area contributed by atoms with Gasteiger partial charge in [0.2, 0.25) is 0 Å². The van der Waals surface area contributed by atoms with E-state index in [9.17, 15) is 9.90 Å². The van der Waals surface area contributed by atoms with Crippen LogP contribution in [0.15, 0.2) is 24.0 Å². The van der Waals surface area contributed by atoms with E-state index in [4.69, 9.17) is 5.73 Å². The minimum Gasteiger partial charge on any atom is -0.510 e. The summed E-state index contributed by atoms with van der Waals surface area (Å²) in [6.07, 6.45) is 4.71. The van der Waals surface area contributed by atoms with Crippen LogP contribution in [-0.4, -0.2) is 23.3 Å². The second-order valence-electron chi connectivity index (χ2n) is 3.18. The summed E-state index contributed by atoms with van der Waals surface area (Å²) in [5.74, 6) is 0.0699. The van der Waals surface area contributed by atoms with Crippen molar-refractivity contribution in [2.45, 2.75) is 12.2 Å². The molecule has 0 bridgehead atoms. The molecule has 70 valence electrons. The lowest BCUT2D eigenvalue weighted by atomic mass is 9.89. The fourth-order valence-electron chi connectivity index (χ4n) is 1.62. The molecule has 5 nitrogen and oxygen atoms in total. The molecule has 1 aliphatic carbocycles. The number of carbonyl (C=O) groups excluding carboxylic acids is 1. The maximum Gasteiger partial charge on any atom is 0.316 e. The van der Waals surface area contributed by atoms with E-state index in [-0.39, 0.29) is 23.8 Å². The SMILES string of the molecule is NC1NC(=O)NC2C(O)=CC=CC12. The van der Waals surface area contributed by atoms with E-state index < -0.39 is 6.17 Å². The molecular formula is C8H11N3O2. The third-order valence-corrected chi connectivity index (χ3v) is 2.30. The first-order chi connectivity index (χ1) is 6.18. The van der Waals surface area contributed by atoms with Gasteiger partial charge >= 0.3 is 6.03 Å². The van der Waals surface area contributed by atoms with Crippen molar-refractivity contribution in [3.05, 3.63) is 24.0 Å². The molecule has 0 radical (unpaired) electrons. The molecule has 0 aromatic rings. The van der Waals surface area contributed by atoms with Crippen molar-refractivity contribution in [1.82, 2.24) is 10.6 Å². The summed E-state index contributed by atoms with van der Waals surface area (Å²) in [4.78, 5) is 11.0. The van der Waals surface area contributed by atoms with Crippen LogP contribution in [0.5, 0.6) is 0 Å². The van der Waals surface area contributed by atoms with Crippen molar-refractivity contribution in [2.24, 2.45) is 11.7 Å². The molecule has 1 saturated heterocycles. The standard InChI is InChI=1S/C8H11N3O2/c9-7-4-2-1-3-5(12)6(4)10-8(13)11-7/h1-4,6-7,12H,9H2,(H2,10,11,13). The number of hydrogen-bond donors (Lipinski definition) is 4. The number of carbonyl (C=O) groups is 1. The zero-order valence-corrected chi connectivity index (χ0v) is 6.90. The van der Waals surface area contributed by atoms with Gasteiger partial charge in [0.1, 0.15) is 5.76 Å². The fourth-order valence-corrected chi connectivity index (χ4v) is 1.62. The first kappa shape index (κ1) is 8.12. The average molecular weight is 181 g/mol. The summed E-state index contributed by atoms with van der Waals surface area (Å²) in [5.41, 5.74) is 5.68. The van der Waals surface area contributed by atoms with Crippen LogP contribution in [0.3, 0.4) is 0 Å². The average Bonchev–Trinajstić information content (AvgIpc) is 2.07. The quantitative estimate of drug-likeness (QED) is 0.409. The first-order valence-corrected chi connectivity index (χ1v) is 4.08. The zero-order chi connectivity index (χ0) is 9.42. The summed E-state index contributed by atoms with van der Waals surface area (Å²) in [7, 11) is 0. The number of hydrogen-bond acceptors (Lipinski definition) is 3. The van der Waals surface area contributed by atoms with E-state index in [0.29, 0.717) is 0 Å². The minimum absolute atomic E-state index is 0.0808. The third-order valence-electron chi connectivity index (χ3n) is 2.30. The van der Waals surface area contributed by atoms with E-state index in [2.05, 4.69) is 10.6 Å². The van der Waals surface area contributed by atoms with Gasteiger partial charge in [-0.3, -0.25) is 0 Å². The Morgan fingerprint density at radius 2 is 2.23 bits per heavy atom. The fraction of sp³-hybridized carbons (Fsp3) is 0.375. The smallest absolute Gasteiger partial charge is 0.316 e. The number of amides is 2. The van der Waals surface area contributed by atoms with E-state index in [0.717, 1.165) is 0 Å². The highest BCUT2D eigenvalue weighted by Crippen LogP contribution is 2.21. The van der Waals surface area contributed by atoms with Gasteiger partial charge in [-0.05, 0) is 6.08 Å². The number of nitrogens with two attached hydrogens (primary N) is 1. The van der Waals surface area contributed by atoms with Gasteiger partial charge in [0.15, 0.2) is 0 Å². The maximum absolute atomic E-state index is 11.0. The molecule has 5 N–H and O–H groups in total. The molecule has 2 amide bonds. The molecular weight excluding hydrogens is 170 g/mol. The molecule has 5 heteroatoms. The molecule has 3 atom stereocenters. The van der Waals surface area contributed by atoms with Gasteiger partial charge in [-0.15, -0.1) is 0 Å². The molecule has 0 spiro atoms. The lowest BCUT2D eigenvalue weighted by Crippen LogP contribution is -2.63. The van der Waals surface area contributed by atoms with Crippen LogP contribution in [0.25, 0.3) is 0 Å². The van der Waals surface area contributed by atoms with Crippen molar-refractivity contribution < 1.29 is 9.90 Å². The second kappa shape index (κ2) is 2.77. The van der Waals surface area contributed by atoms with Crippen LogP contribution in [-0.2, 0) is 0 Å². The Morgan fingerprint density at radius 3 is 3.00 bits per heavy atom. The summed E-state index contributed by atoms with van der Waals surface area (Å²) < 4.78 is 0. The molecule has 2 rings (SSSR count). The van der Waals surface area contributed by atoms with Gasteiger partial charge in [0.25, 0.3) is 0 Å². The van der Waals surface area contributed by atoms with Crippen LogP contribution in [0.1, 0.15) is 0 Å². The summed E-state index contributed by atoms with van der Waals surface area (Å²) >= 11 is 0. The molecule has 0 aromatic carbocycles. The lowest BCUT2D eigenvalue weighted by Gasteiger charge is -2.36. The zero-order valence-electron chi connectivity index (χ0n) is 6.90. The van der Waals surface area contributed by atoms with Crippen molar-refractivity contribution in [1.29, 1.82) is 0 Å². The normalized spacial score (nSPS) is 37.2. The van der Waals surface area contributed by atoms with Gasteiger partial charge in [0, 0.05) is 5.92 Å². The minimum atomic E-state index is -0.439. The Kier molecular flexibility index (Phi) is 1.73. The predicted octanol–water partition coefficient (Wildman–Crippen LogP) is -0.419. The molecule has 1 aliphatic heterocycles. The van der Waals surface area contributed by atoms with E-state index in [1.54, 1.807) is 12.2 Å². The van der Waals surface area contributed by atoms with Gasteiger partial charge in [-0.1, -0.05) is 12.2 Å². The third kappa shape index (κ3) is 1.27. The van der Waals surface area contributed by atoms with Gasteiger partial charge < -0.3 is 21.5 Å². The first-order valence-electron chi connectivity index (χ1n) is 4.08. The second-order valence-corrected chi connectivity index (χ2v) is 3.18. The van der Waals surface area contributed by atoms with Gasteiger partial charge in [0.05, 0.1) is 12.2 Å². The molecule has 0 saturated carbocycles. The molecule has 0 aromatic heterocycles. The maximum atomic E-state index is 11.0. The topological polar surface area (TPSA) is 87.4 Å². The van der Waals surface area contributed by atoms with Gasteiger partial charge in [-0.2, -0.15) is 0 Å². The Hall–Kier alpha value is -1.49. The van der Waals surface area contributed by atoms with Gasteiger partial charge in [-0.25, -0.2) is 4.79 Å². The Bertz CT molecular complexity index is 298. The Labute approximate surface area is 75.3 Å². The monoisotopic (exact) mass is 181 g/mol. The molecule has 1 fully saturated rings. The van der Waals surface area contributed by atoms with Crippen molar-refractivity contribution in [3.8, 4) is 0 Å². The number of urea groups is 1. The molecule has 1 heterocycles. The summed E-state index contributed by atoms with van der Waals surface area (Å²) in [6, 6.07) is -0.724. The lowest BCUT2D eigenvalue weighted by molar-refractivity contribution is 0.195. The molecule has 2 aliphatic rings. The highest BCUT2D eigenvalue weighted by Gasteiger charge is 2.36. The van der Waals surface area contributed by atoms with Crippen LogP contribution >= 0.6 is 0 Å². The highest BCUT2D eigenvalue weighted by molar-refractivity contribution is 5.76. The van der Waals surface area contributed by atoms with Crippen molar-refractivity contribution in [2.75, 3.05) is 0 Å². The largest absolute Gasteiger partial charge is 0.510 e. The van der Waals surface area contributed by atoms with Crippen LogP contribution in [0, 0.1) is 5.92 Å². The predicted molar refractivity (Wildman–Crippen MR) is 46.8 cm³/mol. The van der Waals surface area contributed by atoms with E-state index in [1.807, 2.05) is 6.08 Å². The summed E-state index contributed by atoms with van der Waals surface area (Å²) in [5, 5.41) is 14.6. The number of allylic oxidation sites excluding steroid dienone is 2. The Balaban J connectivity index is 2.25. The van der Waals surface area contributed by atoms with E-state index >= 15 is 0 Å². The highest BCUT2D eigenvalue weighted by atomic mass is 16.3. The van der Waals surface area contributed by atoms with Crippen LogP contribution < -0.4 is 16.4 Å². The molecule has 3 unspecified atom stereocenters. The number of aliphatic hydroxyl groups excluding tert-OH is 1. The molecule has 13 heavy (non-hydrogen) atoms. The van der Waals surface area contributed by atoms with Crippen LogP contribution in [0.4, 0.5) is 4.79 Å². The number of nitrogens with one attached hydrogen (secondary N) is 2. The number of aliphatic hydroxyl groups is 1. The van der Waals surface area contributed by atoms with Crippen molar-refractivity contribution >= 4 is 6.03 Å². The van der Waals surface area contributed by atoms with E-state index in [1.165, 1.54) is 0 Å². The number of fused-ring (bicyclic) bond motifs is 1. The summed E-state index contributed by atoms with van der Waals surface area (Å²) in [6.45, 7) is 0. The Morgan fingerprint density at radius 1 is 1.46 bits per heavy atom. The number of rotatable bonds is 0. The van der Waals surface area contributed by atoms with Crippen LogP contribution in [0.2, 0.25) is 0 Å².